The van der Waals surface area contributed by atoms with Crippen molar-refractivity contribution in [2.75, 3.05) is 13.1 Å². The Morgan fingerprint density at radius 2 is 1.97 bits per heavy atom. The second-order valence-electron chi connectivity index (χ2n) is 9.21. The molecular formula is C28H26F3N3O3. The fourth-order valence-corrected chi connectivity index (χ4v) is 4.76. The summed E-state index contributed by atoms with van der Waals surface area (Å²) in [4.78, 5) is 2.09. The topological polar surface area (TPSA) is 70.8 Å². The summed E-state index contributed by atoms with van der Waals surface area (Å²) in [5.74, 6) is 0.508. The van der Waals surface area contributed by atoms with Crippen LogP contribution in [0.25, 0.3) is 11.3 Å². The molecule has 6 nitrogen and oxygen atoms in total. The number of ether oxygens (including phenoxy) is 1. The molecule has 3 aromatic rings. The van der Waals surface area contributed by atoms with Crippen LogP contribution in [0.15, 0.2) is 84.2 Å². The number of halogens is 3. The molecule has 0 bridgehead atoms. The molecule has 1 aliphatic carbocycles. The Morgan fingerprint density at radius 1 is 1.16 bits per heavy atom. The Balaban J connectivity index is 1.28. The summed E-state index contributed by atoms with van der Waals surface area (Å²) in [6.45, 7) is 3.43. The number of rotatable bonds is 7. The van der Waals surface area contributed by atoms with E-state index in [1.807, 2.05) is 24.4 Å². The van der Waals surface area contributed by atoms with E-state index in [0.717, 1.165) is 36.6 Å². The molecule has 0 saturated heterocycles. The van der Waals surface area contributed by atoms with Crippen molar-refractivity contribution in [3.05, 3.63) is 106 Å². The molecule has 0 atom stereocenters. The quantitative estimate of drug-likeness (QED) is 0.364. The molecule has 192 valence electrons. The van der Waals surface area contributed by atoms with Gasteiger partial charge in [-0.1, -0.05) is 12.1 Å². The Bertz CT molecular complexity index is 1410. The number of hydrogen-bond acceptors (Lipinski definition) is 5. The van der Waals surface area contributed by atoms with Gasteiger partial charge in [-0.3, -0.25) is 0 Å². The second-order valence-corrected chi connectivity index (χ2v) is 9.21. The lowest BCUT2D eigenvalue weighted by Gasteiger charge is -2.33. The van der Waals surface area contributed by atoms with Gasteiger partial charge in [0.05, 0.1) is 11.3 Å². The van der Waals surface area contributed by atoms with Crippen molar-refractivity contribution in [3.63, 3.8) is 0 Å². The molecule has 2 aliphatic rings. The highest BCUT2D eigenvalue weighted by atomic mass is 19.4. The molecule has 1 aromatic heterocycles. The van der Waals surface area contributed by atoms with E-state index in [4.69, 9.17) is 9.84 Å². The Labute approximate surface area is 212 Å². The molecule has 2 heterocycles. The predicted molar refractivity (Wildman–Crippen MR) is 133 cm³/mol. The number of nitrogens with zero attached hydrogens (tertiary/aromatic N) is 3. The first-order chi connectivity index (χ1) is 17.7. The summed E-state index contributed by atoms with van der Waals surface area (Å²) in [6.07, 6.45) is 2.65. The van der Waals surface area contributed by atoms with Gasteiger partial charge < -0.3 is 19.8 Å². The van der Waals surface area contributed by atoms with Gasteiger partial charge in [0.1, 0.15) is 18.6 Å². The van der Waals surface area contributed by atoms with Crippen molar-refractivity contribution in [2.24, 2.45) is 0 Å². The van der Waals surface area contributed by atoms with E-state index in [9.17, 15) is 18.3 Å². The zero-order chi connectivity index (χ0) is 26.2. The van der Waals surface area contributed by atoms with Crippen LogP contribution >= 0.6 is 0 Å². The molecule has 1 aliphatic heterocycles. The smallest absolute Gasteiger partial charge is 0.418 e. The third-order valence-corrected chi connectivity index (χ3v) is 6.79. The van der Waals surface area contributed by atoms with Gasteiger partial charge in [-0.25, -0.2) is 4.68 Å². The van der Waals surface area contributed by atoms with Gasteiger partial charge >= 0.3 is 6.18 Å². The Hall–Kier alpha value is -4.14. The first-order valence-corrected chi connectivity index (χ1v) is 11.9. The summed E-state index contributed by atoms with van der Waals surface area (Å²) in [6, 6.07) is 11.5. The van der Waals surface area contributed by atoms with E-state index in [2.05, 4.69) is 16.9 Å². The Kier molecular flexibility index (Phi) is 6.45. The number of allylic oxidation sites excluding steroid dienone is 1. The molecule has 0 unspecified atom stereocenters. The van der Waals surface area contributed by atoms with Crippen molar-refractivity contribution in [1.82, 2.24) is 14.7 Å². The number of benzene rings is 2. The average molecular weight is 510 g/mol. The van der Waals surface area contributed by atoms with E-state index in [1.54, 1.807) is 12.1 Å². The van der Waals surface area contributed by atoms with Gasteiger partial charge in [0.25, 0.3) is 0 Å². The van der Waals surface area contributed by atoms with E-state index in [1.165, 1.54) is 34.3 Å². The normalized spacial score (nSPS) is 15.8. The summed E-state index contributed by atoms with van der Waals surface area (Å²) in [7, 11) is 0. The van der Waals surface area contributed by atoms with Crippen LogP contribution in [0.5, 0.6) is 5.75 Å². The summed E-state index contributed by atoms with van der Waals surface area (Å²) >= 11 is 0. The van der Waals surface area contributed by atoms with Gasteiger partial charge in [-0.2, -0.15) is 18.3 Å². The largest absolute Gasteiger partial charge is 0.512 e. The maximum Gasteiger partial charge on any atom is 0.418 e. The summed E-state index contributed by atoms with van der Waals surface area (Å²) < 4.78 is 48.2. The van der Waals surface area contributed by atoms with Gasteiger partial charge in [-0.05, 0) is 77.9 Å². The molecule has 37 heavy (non-hydrogen) atoms. The number of aliphatic hydroxyl groups is 2. The van der Waals surface area contributed by atoms with Gasteiger partial charge in [0, 0.05) is 37.3 Å². The minimum atomic E-state index is -4.52. The van der Waals surface area contributed by atoms with E-state index < -0.39 is 11.7 Å². The van der Waals surface area contributed by atoms with E-state index >= 15 is 0 Å². The van der Waals surface area contributed by atoms with Crippen LogP contribution in [0.3, 0.4) is 0 Å². The lowest BCUT2D eigenvalue weighted by Crippen LogP contribution is -2.33. The lowest BCUT2D eigenvalue weighted by atomic mass is 9.85. The lowest BCUT2D eigenvalue weighted by molar-refractivity contribution is -0.137. The highest BCUT2D eigenvalue weighted by Gasteiger charge is 2.34. The number of aliphatic hydroxyl groups excluding tert-OH is 2. The van der Waals surface area contributed by atoms with Crippen molar-refractivity contribution >= 4 is 5.57 Å². The standard InChI is InChI=1S/C28H26F3N3O3/c1-18-21(13-33-14-22(15-33)27(36)16-35)5-4-20-12-23(6-7-24(18)20)37-17-19-3-8-26(34-10-2-9-32-34)25(11-19)28(29,30)31/h2-3,6-12,14,16,35-36H,4-5,13,15,17H2,1H3/b27-16+. The van der Waals surface area contributed by atoms with Crippen LogP contribution < -0.4 is 4.74 Å². The maximum atomic E-state index is 13.7. The minimum absolute atomic E-state index is 0.0140. The highest BCUT2D eigenvalue weighted by Crippen LogP contribution is 2.36. The van der Waals surface area contributed by atoms with Crippen LogP contribution in [0.2, 0.25) is 0 Å². The number of hydrogen-bond donors (Lipinski definition) is 2. The second kappa shape index (κ2) is 9.72. The molecule has 2 aromatic carbocycles. The first kappa shape index (κ1) is 24.5. The first-order valence-electron chi connectivity index (χ1n) is 11.9. The van der Waals surface area contributed by atoms with E-state index in [0.29, 0.717) is 29.7 Å². The van der Waals surface area contributed by atoms with Crippen LogP contribution in [0.1, 0.15) is 35.6 Å². The Morgan fingerprint density at radius 3 is 2.68 bits per heavy atom. The molecular weight excluding hydrogens is 483 g/mol. The summed E-state index contributed by atoms with van der Waals surface area (Å²) in [5.41, 5.74) is 5.12. The summed E-state index contributed by atoms with van der Waals surface area (Å²) in [5, 5.41) is 22.4. The zero-order valence-corrected chi connectivity index (χ0v) is 20.2. The number of aryl methyl sites for hydroxylation is 1. The maximum absolute atomic E-state index is 13.7. The predicted octanol–water partition coefficient (Wildman–Crippen LogP) is 6.35. The molecule has 0 saturated carbocycles. The SMILES string of the molecule is CC1=C(CN2C=C(/C(O)=C\O)C2)CCc2cc(OCc3ccc(-n4cccn4)c(C(F)(F)F)c3)ccc21. The molecule has 0 radical (unpaired) electrons. The van der Waals surface area contributed by atoms with Gasteiger partial charge in [-0.15, -0.1) is 0 Å². The monoisotopic (exact) mass is 509 g/mol. The fraction of sp³-hybridized carbons (Fsp3) is 0.250. The van der Waals surface area contributed by atoms with Crippen LogP contribution in [-0.4, -0.2) is 38.0 Å². The van der Waals surface area contributed by atoms with Gasteiger partial charge in [0.15, 0.2) is 5.76 Å². The van der Waals surface area contributed by atoms with Crippen molar-refractivity contribution in [2.45, 2.75) is 32.5 Å². The molecule has 0 spiro atoms. The third kappa shape index (κ3) is 5.07. The van der Waals surface area contributed by atoms with Crippen molar-refractivity contribution < 1.29 is 28.1 Å². The molecule has 2 N–H and O–H groups in total. The highest BCUT2D eigenvalue weighted by molar-refractivity contribution is 5.72. The fourth-order valence-electron chi connectivity index (χ4n) is 4.76. The number of alkyl halides is 3. The number of aromatic nitrogens is 2. The van der Waals surface area contributed by atoms with Crippen molar-refractivity contribution in [3.8, 4) is 11.4 Å². The number of fused-ring (bicyclic) bond motifs is 1. The minimum Gasteiger partial charge on any atom is -0.512 e. The average Bonchev–Trinajstić information content (AvgIpc) is 3.39. The third-order valence-electron chi connectivity index (χ3n) is 6.79. The van der Waals surface area contributed by atoms with Crippen molar-refractivity contribution in [1.29, 1.82) is 0 Å². The van der Waals surface area contributed by atoms with Crippen LogP contribution in [-0.2, 0) is 19.2 Å². The van der Waals surface area contributed by atoms with Crippen LogP contribution in [0.4, 0.5) is 13.2 Å². The molecule has 0 fully saturated rings. The zero-order valence-electron chi connectivity index (χ0n) is 20.2. The molecule has 5 rings (SSSR count). The molecule has 9 heteroatoms. The van der Waals surface area contributed by atoms with Crippen LogP contribution in [0, 0.1) is 0 Å². The van der Waals surface area contributed by atoms with Gasteiger partial charge in [0.2, 0.25) is 0 Å². The molecule has 0 amide bonds. The van der Waals surface area contributed by atoms with E-state index in [-0.39, 0.29) is 18.1 Å².